The molecule has 0 aliphatic carbocycles. The van der Waals surface area contributed by atoms with Gasteiger partial charge in [-0.25, -0.2) is 9.78 Å². The van der Waals surface area contributed by atoms with E-state index in [-0.39, 0.29) is 23.7 Å². The normalized spacial score (nSPS) is 9.56. The van der Waals surface area contributed by atoms with Crippen LogP contribution in [0, 0.1) is 0 Å². The lowest BCUT2D eigenvalue weighted by Crippen LogP contribution is -2.24. The Morgan fingerprint density at radius 2 is 2.19 bits per heavy atom. The SMILES string of the molecule is C=C(Cl)CNC(=O)c1ccc(C(=O)O)nc1. The summed E-state index contributed by atoms with van der Waals surface area (Å²) in [6.45, 7) is 3.57. The first-order valence-electron chi connectivity index (χ1n) is 4.31. The zero-order valence-corrected chi connectivity index (χ0v) is 8.99. The number of carbonyl (C=O) groups excluding carboxylic acids is 1. The topological polar surface area (TPSA) is 79.3 Å². The lowest BCUT2D eigenvalue weighted by atomic mass is 10.2. The van der Waals surface area contributed by atoms with Gasteiger partial charge in [0.05, 0.1) is 12.1 Å². The van der Waals surface area contributed by atoms with Crippen molar-refractivity contribution >= 4 is 23.5 Å². The third kappa shape index (κ3) is 3.36. The molecule has 0 bridgehead atoms. The van der Waals surface area contributed by atoms with E-state index in [2.05, 4.69) is 16.9 Å². The molecule has 0 atom stereocenters. The highest BCUT2D eigenvalue weighted by Crippen LogP contribution is 2.01. The summed E-state index contributed by atoms with van der Waals surface area (Å²) in [6.07, 6.45) is 1.19. The van der Waals surface area contributed by atoms with Crippen molar-refractivity contribution in [2.75, 3.05) is 6.54 Å². The molecular weight excluding hydrogens is 232 g/mol. The van der Waals surface area contributed by atoms with E-state index >= 15 is 0 Å². The Hall–Kier alpha value is -1.88. The van der Waals surface area contributed by atoms with Gasteiger partial charge in [0.1, 0.15) is 5.69 Å². The van der Waals surface area contributed by atoms with E-state index in [1.807, 2.05) is 0 Å². The van der Waals surface area contributed by atoms with Crippen LogP contribution in [-0.4, -0.2) is 28.5 Å². The number of hydrogen-bond donors (Lipinski definition) is 2. The van der Waals surface area contributed by atoms with Crippen molar-refractivity contribution in [1.29, 1.82) is 0 Å². The van der Waals surface area contributed by atoms with Gasteiger partial charge in [-0.1, -0.05) is 18.2 Å². The van der Waals surface area contributed by atoms with Gasteiger partial charge in [-0.3, -0.25) is 4.79 Å². The maximum atomic E-state index is 11.4. The van der Waals surface area contributed by atoms with Gasteiger partial charge in [0.2, 0.25) is 0 Å². The van der Waals surface area contributed by atoms with Crippen molar-refractivity contribution in [1.82, 2.24) is 10.3 Å². The monoisotopic (exact) mass is 240 g/mol. The van der Waals surface area contributed by atoms with Crippen LogP contribution in [0.1, 0.15) is 20.8 Å². The lowest BCUT2D eigenvalue weighted by Gasteiger charge is -2.03. The van der Waals surface area contributed by atoms with Crippen molar-refractivity contribution in [3.05, 3.63) is 41.2 Å². The first-order valence-corrected chi connectivity index (χ1v) is 4.69. The summed E-state index contributed by atoms with van der Waals surface area (Å²) in [4.78, 5) is 25.5. The van der Waals surface area contributed by atoms with Gasteiger partial charge in [-0.15, -0.1) is 0 Å². The molecule has 2 N–H and O–H groups in total. The fraction of sp³-hybridized carbons (Fsp3) is 0.100. The Labute approximate surface area is 96.8 Å². The van der Waals surface area contributed by atoms with Crippen LogP contribution in [0.4, 0.5) is 0 Å². The van der Waals surface area contributed by atoms with E-state index in [1.54, 1.807) is 0 Å². The molecule has 0 radical (unpaired) electrons. The van der Waals surface area contributed by atoms with Crippen LogP contribution in [0.25, 0.3) is 0 Å². The van der Waals surface area contributed by atoms with E-state index < -0.39 is 5.97 Å². The van der Waals surface area contributed by atoms with Gasteiger partial charge in [0.15, 0.2) is 0 Å². The number of aromatic nitrogens is 1. The molecular formula is C10H9ClN2O3. The van der Waals surface area contributed by atoms with Crippen molar-refractivity contribution in [3.63, 3.8) is 0 Å². The minimum atomic E-state index is -1.14. The number of pyridine rings is 1. The Morgan fingerprint density at radius 3 is 2.62 bits per heavy atom. The zero-order chi connectivity index (χ0) is 12.1. The Bertz CT molecular complexity index is 428. The standard InChI is InChI=1S/C10H9ClN2O3/c1-6(11)4-13-9(14)7-2-3-8(10(15)16)12-5-7/h2-3,5H,1,4H2,(H,13,14)(H,15,16). The van der Waals surface area contributed by atoms with Gasteiger partial charge >= 0.3 is 5.97 Å². The Kier molecular flexibility index (Phi) is 4.02. The number of carboxylic acids is 1. The Morgan fingerprint density at radius 1 is 1.50 bits per heavy atom. The molecule has 6 heteroatoms. The van der Waals surface area contributed by atoms with Gasteiger partial charge in [0, 0.05) is 11.2 Å². The smallest absolute Gasteiger partial charge is 0.354 e. The molecule has 0 saturated heterocycles. The molecule has 1 amide bonds. The maximum Gasteiger partial charge on any atom is 0.354 e. The van der Waals surface area contributed by atoms with Gasteiger partial charge in [-0.05, 0) is 12.1 Å². The van der Waals surface area contributed by atoms with Gasteiger partial charge < -0.3 is 10.4 Å². The molecule has 0 fully saturated rings. The zero-order valence-electron chi connectivity index (χ0n) is 8.24. The number of nitrogens with zero attached hydrogens (tertiary/aromatic N) is 1. The number of carboxylic acid groups (broad SMARTS) is 1. The summed E-state index contributed by atoms with van der Waals surface area (Å²) >= 11 is 5.47. The number of halogens is 1. The fourth-order valence-electron chi connectivity index (χ4n) is 0.933. The number of hydrogen-bond acceptors (Lipinski definition) is 3. The molecule has 16 heavy (non-hydrogen) atoms. The molecule has 1 aromatic heterocycles. The van der Waals surface area contributed by atoms with Crippen molar-refractivity contribution in [2.45, 2.75) is 0 Å². The first-order chi connectivity index (χ1) is 7.50. The van der Waals surface area contributed by atoms with Crippen molar-refractivity contribution in [3.8, 4) is 0 Å². The van der Waals surface area contributed by atoms with Crippen LogP contribution < -0.4 is 5.32 Å². The molecule has 0 aliphatic heterocycles. The van der Waals surface area contributed by atoms with Crippen molar-refractivity contribution < 1.29 is 14.7 Å². The highest BCUT2D eigenvalue weighted by atomic mass is 35.5. The number of rotatable bonds is 4. The molecule has 1 rings (SSSR count). The molecule has 0 aliphatic rings. The van der Waals surface area contributed by atoms with E-state index in [4.69, 9.17) is 16.7 Å². The highest BCUT2D eigenvalue weighted by molar-refractivity contribution is 6.29. The van der Waals surface area contributed by atoms with Crippen LogP contribution >= 0.6 is 11.6 Å². The molecule has 0 aromatic carbocycles. The molecule has 5 nitrogen and oxygen atoms in total. The lowest BCUT2D eigenvalue weighted by molar-refractivity contribution is 0.0689. The van der Waals surface area contributed by atoms with Gasteiger partial charge in [0.25, 0.3) is 5.91 Å². The van der Waals surface area contributed by atoms with Gasteiger partial charge in [-0.2, -0.15) is 0 Å². The average molecular weight is 241 g/mol. The van der Waals surface area contributed by atoms with E-state index in [0.29, 0.717) is 5.03 Å². The first kappa shape index (κ1) is 12.2. The molecule has 1 heterocycles. The average Bonchev–Trinajstić information content (AvgIpc) is 2.26. The van der Waals surface area contributed by atoms with Crippen LogP contribution in [0.15, 0.2) is 29.9 Å². The van der Waals surface area contributed by atoms with E-state index in [1.165, 1.54) is 18.3 Å². The molecule has 0 saturated carbocycles. The second-order valence-corrected chi connectivity index (χ2v) is 3.47. The summed E-state index contributed by atoms with van der Waals surface area (Å²) in [6, 6.07) is 2.63. The van der Waals surface area contributed by atoms with Crippen LogP contribution in [-0.2, 0) is 0 Å². The molecule has 0 unspecified atom stereocenters. The summed E-state index contributed by atoms with van der Waals surface area (Å²) < 4.78 is 0. The van der Waals surface area contributed by atoms with Crippen LogP contribution in [0.2, 0.25) is 0 Å². The predicted octanol–water partition coefficient (Wildman–Crippen LogP) is 1.26. The fourth-order valence-corrected chi connectivity index (χ4v) is 1.000. The minimum Gasteiger partial charge on any atom is -0.477 e. The summed E-state index contributed by atoms with van der Waals surface area (Å²) in [5.41, 5.74) is 0.154. The number of carbonyl (C=O) groups is 2. The van der Waals surface area contributed by atoms with E-state index in [0.717, 1.165) is 0 Å². The molecule has 1 aromatic rings. The van der Waals surface area contributed by atoms with Crippen LogP contribution in [0.5, 0.6) is 0 Å². The number of amides is 1. The largest absolute Gasteiger partial charge is 0.477 e. The third-order valence-electron chi connectivity index (χ3n) is 1.69. The summed E-state index contributed by atoms with van der Waals surface area (Å²) in [5.74, 6) is -1.52. The van der Waals surface area contributed by atoms with E-state index in [9.17, 15) is 9.59 Å². The predicted molar refractivity (Wildman–Crippen MR) is 58.5 cm³/mol. The second kappa shape index (κ2) is 5.27. The minimum absolute atomic E-state index is 0.113. The third-order valence-corrected chi connectivity index (χ3v) is 1.82. The molecule has 0 spiro atoms. The Balaban J connectivity index is 2.70. The quantitative estimate of drug-likeness (QED) is 0.831. The molecule has 84 valence electrons. The maximum absolute atomic E-state index is 11.4. The highest BCUT2D eigenvalue weighted by Gasteiger charge is 2.08. The summed E-state index contributed by atoms with van der Waals surface area (Å²) in [5, 5.41) is 11.4. The summed E-state index contributed by atoms with van der Waals surface area (Å²) in [7, 11) is 0. The van der Waals surface area contributed by atoms with Crippen LogP contribution in [0.3, 0.4) is 0 Å². The number of nitrogens with one attached hydrogen (secondary N) is 1. The second-order valence-electron chi connectivity index (χ2n) is 2.94. The number of aromatic carboxylic acids is 1. The van der Waals surface area contributed by atoms with Crippen molar-refractivity contribution in [2.24, 2.45) is 0 Å².